The van der Waals surface area contributed by atoms with E-state index in [9.17, 15) is 4.79 Å². The van der Waals surface area contributed by atoms with Gasteiger partial charge in [0.1, 0.15) is 11.5 Å². The third-order valence-electron chi connectivity index (χ3n) is 1.88. The van der Waals surface area contributed by atoms with Gasteiger partial charge in [-0.15, -0.1) is 0 Å². The number of carbonyl (C=O) groups excluding carboxylic acids is 1. The molecule has 0 aromatic carbocycles. The summed E-state index contributed by atoms with van der Waals surface area (Å²) in [5.41, 5.74) is 1.27. The Kier molecular flexibility index (Phi) is 2.45. The van der Waals surface area contributed by atoms with Crippen LogP contribution in [0.25, 0.3) is 0 Å². The number of H-pyrrole nitrogens is 1. The number of aromatic amines is 1. The molecule has 2 rings (SSSR count). The highest BCUT2D eigenvalue weighted by atomic mass is 16.2. The zero-order valence-electron chi connectivity index (χ0n) is 8.19. The maximum Gasteiger partial charge on any atom is 0.274 e. The minimum Gasteiger partial charge on any atom is -0.305 e. The predicted molar refractivity (Wildman–Crippen MR) is 55.5 cm³/mol. The van der Waals surface area contributed by atoms with Crippen LogP contribution in [0.15, 0.2) is 30.5 Å². The van der Waals surface area contributed by atoms with Crippen molar-refractivity contribution < 1.29 is 4.79 Å². The van der Waals surface area contributed by atoms with E-state index in [1.165, 1.54) is 6.20 Å². The lowest BCUT2D eigenvalue weighted by Gasteiger charge is -2.02. The third-order valence-corrected chi connectivity index (χ3v) is 1.88. The molecule has 5 nitrogen and oxygen atoms in total. The number of hydrogen-bond donors (Lipinski definition) is 2. The molecule has 0 unspecified atom stereocenters. The second-order valence-electron chi connectivity index (χ2n) is 3.09. The van der Waals surface area contributed by atoms with Gasteiger partial charge in [-0.2, -0.15) is 5.10 Å². The van der Waals surface area contributed by atoms with Gasteiger partial charge >= 0.3 is 0 Å². The summed E-state index contributed by atoms with van der Waals surface area (Å²) in [5, 5.41) is 8.94. The fraction of sp³-hybridized carbons (Fsp3) is 0.100. The molecular weight excluding hydrogens is 192 g/mol. The molecule has 2 heterocycles. The van der Waals surface area contributed by atoms with Crippen LogP contribution in [-0.4, -0.2) is 21.1 Å². The Bertz CT molecular complexity index is 464. The van der Waals surface area contributed by atoms with Crippen LogP contribution in [0.5, 0.6) is 0 Å². The summed E-state index contributed by atoms with van der Waals surface area (Å²) < 4.78 is 0. The number of hydrogen-bond acceptors (Lipinski definition) is 3. The summed E-state index contributed by atoms with van der Waals surface area (Å²) in [6, 6.07) is 7.04. The molecule has 5 heteroatoms. The number of aromatic nitrogens is 3. The Morgan fingerprint density at radius 2 is 2.27 bits per heavy atom. The molecule has 2 aromatic heterocycles. The van der Waals surface area contributed by atoms with Crippen molar-refractivity contribution >= 4 is 11.7 Å². The Balaban J connectivity index is 2.13. The number of pyridine rings is 1. The quantitative estimate of drug-likeness (QED) is 0.772. The number of aryl methyl sites for hydroxylation is 1. The van der Waals surface area contributed by atoms with Crippen LogP contribution in [0.3, 0.4) is 0 Å². The van der Waals surface area contributed by atoms with Crippen LogP contribution >= 0.6 is 0 Å². The Morgan fingerprint density at radius 3 is 2.93 bits per heavy atom. The van der Waals surface area contributed by atoms with Crippen molar-refractivity contribution in [2.45, 2.75) is 6.92 Å². The summed E-state index contributed by atoms with van der Waals surface area (Å²) in [4.78, 5) is 15.7. The number of rotatable bonds is 2. The maximum atomic E-state index is 11.6. The van der Waals surface area contributed by atoms with Gasteiger partial charge < -0.3 is 5.32 Å². The second kappa shape index (κ2) is 3.91. The molecule has 2 aromatic rings. The van der Waals surface area contributed by atoms with Crippen LogP contribution in [-0.2, 0) is 0 Å². The predicted octanol–water partition coefficient (Wildman–Crippen LogP) is 1.37. The number of nitrogens with zero attached hydrogens (tertiary/aromatic N) is 2. The third kappa shape index (κ3) is 2.19. The van der Waals surface area contributed by atoms with Crippen LogP contribution in [0.1, 0.15) is 16.2 Å². The first-order valence-electron chi connectivity index (χ1n) is 4.50. The topological polar surface area (TPSA) is 70.7 Å². The van der Waals surface area contributed by atoms with Gasteiger partial charge in [0.2, 0.25) is 0 Å². The highest BCUT2D eigenvalue weighted by molar-refractivity contribution is 6.02. The molecule has 2 N–H and O–H groups in total. The van der Waals surface area contributed by atoms with E-state index in [1.54, 1.807) is 12.1 Å². The molecule has 0 aliphatic heterocycles. The molecular formula is C10H10N4O. The summed E-state index contributed by atoms with van der Waals surface area (Å²) in [5.74, 6) is 0.292. The first-order valence-corrected chi connectivity index (χ1v) is 4.50. The normalized spacial score (nSPS) is 9.93. The summed E-state index contributed by atoms with van der Waals surface area (Å²) in [6.07, 6.45) is 1.53. The van der Waals surface area contributed by atoms with Crippen molar-refractivity contribution in [3.63, 3.8) is 0 Å². The van der Waals surface area contributed by atoms with Crippen LogP contribution in [0.2, 0.25) is 0 Å². The lowest BCUT2D eigenvalue weighted by molar-refractivity contribution is 0.102. The van der Waals surface area contributed by atoms with E-state index in [0.717, 1.165) is 5.69 Å². The Labute approximate surface area is 86.5 Å². The minimum absolute atomic E-state index is 0.245. The molecule has 0 saturated carbocycles. The van der Waals surface area contributed by atoms with Crippen molar-refractivity contribution in [3.05, 3.63) is 41.9 Å². The van der Waals surface area contributed by atoms with Crippen molar-refractivity contribution in [2.24, 2.45) is 0 Å². The van der Waals surface area contributed by atoms with Gasteiger partial charge in [0, 0.05) is 11.9 Å². The monoisotopic (exact) mass is 202 g/mol. The number of nitrogens with one attached hydrogen (secondary N) is 2. The zero-order valence-corrected chi connectivity index (χ0v) is 8.19. The van der Waals surface area contributed by atoms with E-state index in [4.69, 9.17) is 0 Å². The number of carbonyl (C=O) groups is 1. The molecule has 0 bridgehead atoms. The molecule has 0 spiro atoms. The summed E-state index contributed by atoms with van der Waals surface area (Å²) >= 11 is 0. The maximum absolute atomic E-state index is 11.6. The van der Waals surface area contributed by atoms with Gasteiger partial charge in [-0.25, -0.2) is 4.98 Å². The fourth-order valence-corrected chi connectivity index (χ4v) is 1.18. The van der Waals surface area contributed by atoms with Crippen molar-refractivity contribution in [3.8, 4) is 0 Å². The molecule has 0 atom stereocenters. The van der Waals surface area contributed by atoms with Crippen LogP contribution in [0, 0.1) is 6.92 Å². The minimum atomic E-state index is -0.245. The van der Waals surface area contributed by atoms with E-state index < -0.39 is 0 Å². The highest BCUT2D eigenvalue weighted by Gasteiger charge is 2.07. The zero-order chi connectivity index (χ0) is 10.7. The second-order valence-corrected chi connectivity index (χ2v) is 3.09. The molecule has 0 fully saturated rings. The van der Waals surface area contributed by atoms with Crippen molar-refractivity contribution in [1.82, 2.24) is 15.2 Å². The Hall–Kier alpha value is -2.17. The van der Waals surface area contributed by atoms with Crippen molar-refractivity contribution in [2.75, 3.05) is 5.32 Å². The van der Waals surface area contributed by atoms with E-state index >= 15 is 0 Å². The molecule has 0 saturated heterocycles. The molecule has 15 heavy (non-hydrogen) atoms. The molecule has 0 aliphatic rings. The number of amides is 1. The van der Waals surface area contributed by atoms with E-state index in [0.29, 0.717) is 11.5 Å². The smallest absolute Gasteiger partial charge is 0.274 e. The number of anilines is 1. The average molecular weight is 202 g/mol. The van der Waals surface area contributed by atoms with Crippen LogP contribution < -0.4 is 5.32 Å². The first-order chi connectivity index (χ1) is 7.25. The fourth-order valence-electron chi connectivity index (χ4n) is 1.18. The van der Waals surface area contributed by atoms with E-state index in [1.807, 2.05) is 19.1 Å². The molecule has 76 valence electrons. The molecule has 0 aliphatic carbocycles. The highest BCUT2D eigenvalue weighted by Crippen LogP contribution is 2.05. The Morgan fingerprint density at radius 1 is 1.40 bits per heavy atom. The van der Waals surface area contributed by atoms with Gasteiger partial charge in [0.15, 0.2) is 0 Å². The summed E-state index contributed by atoms with van der Waals surface area (Å²) in [7, 11) is 0. The standard InChI is InChI=1S/C10H10N4O/c1-7-3-2-4-9(12-7)13-10(15)8-5-6-11-14-8/h2-6H,1H3,(H,11,14)(H,12,13,15). The van der Waals surface area contributed by atoms with Gasteiger partial charge in [0.05, 0.1) is 0 Å². The summed E-state index contributed by atoms with van der Waals surface area (Å²) in [6.45, 7) is 1.87. The van der Waals surface area contributed by atoms with Crippen LogP contribution in [0.4, 0.5) is 5.82 Å². The van der Waals surface area contributed by atoms with Gasteiger partial charge in [0.25, 0.3) is 5.91 Å². The van der Waals surface area contributed by atoms with Gasteiger partial charge in [-0.3, -0.25) is 9.89 Å². The largest absolute Gasteiger partial charge is 0.305 e. The molecule has 0 radical (unpaired) electrons. The SMILES string of the molecule is Cc1cccc(NC(=O)c2ccn[nH]2)n1. The van der Waals surface area contributed by atoms with Gasteiger partial charge in [-0.05, 0) is 25.1 Å². The lowest BCUT2D eigenvalue weighted by Crippen LogP contribution is -2.13. The van der Waals surface area contributed by atoms with Crippen molar-refractivity contribution in [1.29, 1.82) is 0 Å². The lowest BCUT2D eigenvalue weighted by atomic mass is 10.3. The van der Waals surface area contributed by atoms with Gasteiger partial charge in [-0.1, -0.05) is 6.07 Å². The first kappa shape index (κ1) is 9.39. The average Bonchev–Trinajstić information content (AvgIpc) is 2.70. The molecule has 1 amide bonds. The van der Waals surface area contributed by atoms with E-state index in [2.05, 4.69) is 20.5 Å². The van der Waals surface area contributed by atoms with E-state index in [-0.39, 0.29) is 5.91 Å².